The molecule has 0 aliphatic rings. The van der Waals surface area contributed by atoms with Gasteiger partial charge in [-0.1, -0.05) is 26.3 Å². The van der Waals surface area contributed by atoms with E-state index in [2.05, 4.69) is 5.32 Å². The monoisotopic (exact) mass is 370 g/mol. The van der Waals surface area contributed by atoms with E-state index in [1.54, 1.807) is 26.0 Å². The standard InChI is InChI=1S/C17H26N2O5S/c1-3-19(4-2)25(23,24)15-10-8-9-14(13-15)17(22)18-12-7-5-6-11-16(20)21/h8-10,13H,3-7,11-12H2,1-2H3,(H,18,22)(H,20,21). The third-order valence-electron chi connectivity index (χ3n) is 3.79. The zero-order chi connectivity index (χ0) is 18.9. The van der Waals surface area contributed by atoms with Crippen LogP contribution in [0.25, 0.3) is 0 Å². The van der Waals surface area contributed by atoms with Gasteiger partial charge in [0, 0.05) is 31.6 Å². The predicted molar refractivity (Wildman–Crippen MR) is 95.0 cm³/mol. The number of sulfonamides is 1. The van der Waals surface area contributed by atoms with Crippen molar-refractivity contribution >= 4 is 21.9 Å². The van der Waals surface area contributed by atoms with E-state index in [4.69, 9.17) is 5.11 Å². The third-order valence-corrected chi connectivity index (χ3v) is 5.84. The lowest BCUT2D eigenvalue weighted by atomic mass is 10.2. The van der Waals surface area contributed by atoms with Gasteiger partial charge in [0.25, 0.3) is 5.91 Å². The number of unbranched alkanes of at least 4 members (excludes halogenated alkanes) is 2. The molecule has 0 atom stereocenters. The molecule has 0 aliphatic carbocycles. The van der Waals surface area contributed by atoms with Gasteiger partial charge in [-0.15, -0.1) is 0 Å². The number of carbonyl (C=O) groups excluding carboxylic acids is 1. The highest BCUT2D eigenvalue weighted by Gasteiger charge is 2.22. The van der Waals surface area contributed by atoms with E-state index < -0.39 is 16.0 Å². The molecule has 0 radical (unpaired) electrons. The van der Waals surface area contributed by atoms with Crippen molar-refractivity contribution in [3.63, 3.8) is 0 Å². The number of carbonyl (C=O) groups is 2. The molecule has 1 aromatic carbocycles. The third kappa shape index (κ3) is 6.47. The highest BCUT2D eigenvalue weighted by molar-refractivity contribution is 7.89. The van der Waals surface area contributed by atoms with Crippen molar-refractivity contribution in [3.8, 4) is 0 Å². The first-order valence-corrected chi connectivity index (χ1v) is 9.87. The van der Waals surface area contributed by atoms with Crippen LogP contribution in [0.5, 0.6) is 0 Å². The average Bonchev–Trinajstić information content (AvgIpc) is 2.58. The minimum absolute atomic E-state index is 0.102. The fourth-order valence-corrected chi connectivity index (χ4v) is 3.90. The van der Waals surface area contributed by atoms with Crippen molar-refractivity contribution in [1.82, 2.24) is 9.62 Å². The largest absolute Gasteiger partial charge is 0.481 e. The van der Waals surface area contributed by atoms with Crippen LogP contribution < -0.4 is 5.32 Å². The maximum Gasteiger partial charge on any atom is 0.303 e. The van der Waals surface area contributed by atoms with E-state index in [0.29, 0.717) is 44.5 Å². The fraction of sp³-hybridized carbons (Fsp3) is 0.529. The normalized spacial score (nSPS) is 11.5. The van der Waals surface area contributed by atoms with Crippen LogP contribution in [0.1, 0.15) is 49.9 Å². The van der Waals surface area contributed by atoms with Crippen LogP contribution in [-0.4, -0.2) is 49.3 Å². The fourth-order valence-electron chi connectivity index (χ4n) is 2.39. The molecule has 0 aliphatic heterocycles. The first-order chi connectivity index (χ1) is 11.8. The maximum absolute atomic E-state index is 12.5. The highest BCUT2D eigenvalue weighted by Crippen LogP contribution is 2.17. The van der Waals surface area contributed by atoms with Gasteiger partial charge in [0.15, 0.2) is 0 Å². The summed E-state index contributed by atoms with van der Waals surface area (Å²) in [6.07, 6.45) is 2.08. The van der Waals surface area contributed by atoms with Crippen molar-refractivity contribution in [2.24, 2.45) is 0 Å². The van der Waals surface area contributed by atoms with Crippen LogP contribution in [-0.2, 0) is 14.8 Å². The maximum atomic E-state index is 12.5. The Hall–Kier alpha value is -1.93. The topological polar surface area (TPSA) is 104 Å². The minimum atomic E-state index is -3.60. The molecular weight excluding hydrogens is 344 g/mol. The van der Waals surface area contributed by atoms with Gasteiger partial charge in [0.1, 0.15) is 0 Å². The molecule has 0 aromatic heterocycles. The van der Waals surface area contributed by atoms with E-state index in [0.717, 1.165) is 0 Å². The van der Waals surface area contributed by atoms with Gasteiger partial charge >= 0.3 is 5.97 Å². The molecule has 1 aromatic rings. The lowest BCUT2D eigenvalue weighted by Crippen LogP contribution is -2.31. The van der Waals surface area contributed by atoms with Crippen LogP contribution >= 0.6 is 0 Å². The minimum Gasteiger partial charge on any atom is -0.481 e. The van der Waals surface area contributed by atoms with Crippen LogP contribution in [0.4, 0.5) is 0 Å². The molecule has 0 spiro atoms. The summed E-state index contributed by atoms with van der Waals surface area (Å²) in [4.78, 5) is 22.7. The van der Waals surface area contributed by atoms with Crippen LogP contribution in [0, 0.1) is 0 Å². The molecule has 25 heavy (non-hydrogen) atoms. The van der Waals surface area contributed by atoms with Gasteiger partial charge in [0.05, 0.1) is 4.90 Å². The smallest absolute Gasteiger partial charge is 0.303 e. The van der Waals surface area contributed by atoms with E-state index in [9.17, 15) is 18.0 Å². The van der Waals surface area contributed by atoms with Crippen molar-refractivity contribution in [2.45, 2.75) is 44.4 Å². The van der Waals surface area contributed by atoms with Gasteiger partial charge in [0.2, 0.25) is 10.0 Å². The van der Waals surface area contributed by atoms with Crippen molar-refractivity contribution < 1.29 is 23.1 Å². The number of benzene rings is 1. The Kier molecular flexibility index (Phi) is 8.57. The van der Waals surface area contributed by atoms with Crippen molar-refractivity contribution in [2.75, 3.05) is 19.6 Å². The Bertz CT molecular complexity index is 684. The van der Waals surface area contributed by atoms with Crippen molar-refractivity contribution in [3.05, 3.63) is 29.8 Å². The van der Waals surface area contributed by atoms with Gasteiger partial charge in [-0.05, 0) is 31.0 Å². The summed E-state index contributed by atoms with van der Waals surface area (Å²) >= 11 is 0. The lowest BCUT2D eigenvalue weighted by Gasteiger charge is -2.18. The summed E-state index contributed by atoms with van der Waals surface area (Å²) in [5.74, 6) is -1.16. The molecule has 0 bridgehead atoms. The number of hydrogen-bond donors (Lipinski definition) is 2. The second-order valence-corrected chi connectivity index (χ2v) is 7.52. The summed E-state index contributed by atoms with van der Waals surface area (Å²) < 4.78 is 26.3. The zero-order valence-electron chi connectivity index (χ0n) is 14.7. The van der Waals surface area contributed by atoms with E-state index >= 15 is 0 Å². The highest BCUT2D eigenvalue weighted by atomic mass is 32.2. The number of aliphatic carboxylic acids is 1. The second kappa shape index (κ2) is 10.1. The van der Waals surface area contributed by atoms with Gasteiger partial charge in [-0.25, -0.2) is 8.42 Å². The van der Waals surface area contributed by atoms with Gasteiger partial charge in [-0.3, -0.25) is 9.59 Å². The van der Waals surface area contributed by atoms with E-state index in [1.807, 2.05) is 0 Å². The number of carboxylic acid groups (broad SMARTS) is 1. The molecule has 140 valence electrons. The number of rotatable bonds is 11. The Balaban J connectivity index is 2.65. The molecule has 0 heterocycles. The number of carboxylic acids is 1. The zero-order valence-corrected chi connectivity index (χ0v) is 15.5. The molecular formula is C17H26N2O5S. The molecule has 2 N–H and O–H groups in total. The van der Waals surface area contributed by atoms with Gasteiger partial charge < -0.3 is 10.4 Å². The quantitative estimate of drug-likeness (QED) is 0.581. The van der Waals surface area contributed by atoms with Crippen LogP contribution in [0.15, 0.2) is 29.2 Å². The first kappa shape index (κ1) is 21.1. The summed E-state index contributed by atoms with van der Waals surface area (Å²) in [5.41, 5.74) is 0.291. The Labute approximate surface area is 149 Å². The number of hydrogen-bond acceptors (Lipinski definition) is 4. The summed E-state index contributed by atoms with van der Waals surface area (Å²) in [7, 11) is -3.60. The van der Waals surface area contributed by atoms with Crippen LogP contribution in [0.2, 0.25) is 0 Å². The molecule has 8 heteroatoms. The molecule has 1 amide bonds. The number of nitrogens with zero attached hydrogens (tertiary/aromatic N) is 1. The van der Waals surface area contributed by atoms with Crippen LogP contribution in [0.3, 0.4) is 0 Å². The first-order valence-electron chi connectivity index (χ1n) is 8.43. The molecule has 0 saturated carbocycles. The number of amides is 1. The lowest BCUT2D eigenvalue weighted by molar-refractivity contribution is -0.137. The molecule has 7 nitrogen and oxygen atoms in total. The summed E-state index contributed by atoms with van der Waals surface area (Å²) in [6, 6.07) is 5.99. The van der Waals surface area contributed by atoms with E-state index in [1.165, 1.54) is 16.4 Å². The Morgan fingerprint density at radius 1 is 1.12 bits per heavy atom. The second-order valence-electron chi connectivity index (χ2n) is 5.58. The average molecular weight is 370 g/mol. The summed E-state index contributed by atoms with van der Waals surface area (Å²) in [5, 5.41) is 11.3. The molecule has 0 fully saturated rings. The van der Waals surface area contributed by atoms with E-state index in [-0.39, 0.29) is 17.2 Å². The number of nitrogens with one attached hydrogen (secondary N) is 1. The van der Waals surface area contributed by atoms with Crippen molar-refractivity contribution in [1.29, 1.82) is 0 Å². The predicted octanol–water partition coefficient (Wildman–Crippen LogP) is 2.09. The Morgan fingerprint density at radius 2 is 1.80 bits per heavy atom. The molecule has 1 rings (SSSR count). The summed E-state index contributed by atoms with van der Waals surface area (Å²) in [6.45, 7) is 4.69. The van der Waals surface area contributed by atoms with Gasteiger partial charge in [-0.2, -0.15) is 4.31 Å². The molecule has 0 saturated heterocycles. The SMILES string of the molecule is CCN(CC)S(=O)(=O)c1cccc(C(=O)NCCCCCC(=O)O)c1. The molecule has 0 unspecified atom stereocenters. The Morgan fingerprint density at radius 3 is 2.40 bits per heavy atom.